The second kappa shape index (κ2) is 5.22. The van der Waals surface area contributed by atoms with Gasteiger partial charge in [-0.3, -0.25) is 4.90 Å². The molecule has 1 aromatic carbocycles. The Morgan fingerprint density at radius 2 is 2.37 bits per heavy atom. The average Bonchev–Trinajstić information content (AvgIpc) is 2.89. The molecular formula is C13H15N3O2S. The normalized spacial score (nSPS) is 20.6. The van der Waals surface area contributed by atoms with Crippen molar-refractivity contribution in [2.75, 3.05) is 25.1 Å². The van der Waals surface area contributed by atoms with Crippen LogP contribution in [0, 0.1) is 0 Å². The minimum absolute atomic E-state index is 0.197. The van der Waals surface area contributed by atoms with Gasteiger partial charge in [-0.1, -0.05) is 11.2 Å². The lowest BCUT2D eigenvalue weighted by molar-refractivity contribution is 0.257. The van der Waals surface area contributed by atoms with Crippen LogP contribution >= 0.6 is 11.8 Å². The largest absolute Gasteiger partial charge is 0.508 e. The molecule has 1 atom stereocenters. The van der Waals surface area contributed by atoms with Gasteiger partial charge in [0.25, 0.3) is 5.89 Å². The number of phenolic OH excluding ortho intramolecular Hbond substituents is 1. The maximum atomic E-state index is 9.47. The fraction of sp³-hybridized carbons (Fsp3) is 0.385. The molecule has 1 saturated heterocycles. The van der Waals surface area contributed by atoms with Crippen molar-refractivity contribution in [1.29, 1.82) is 0 Å². The number of benzene rings is 1. The zero-order chi connectivity index (χ0) is 13.2. The maximum Gasteiger partial charge on any atom is 0.258 e. The molecule has 0 bridgehead atoms. The van der Waals surface area contributed by atoms with Crippen LogP contribution in [0.5, 0.6) is 5.75 Å². The topological polar surface area (TPSA) is 62.4 Å². The van der Waals surface area contributed by atoms with E-state index in [1.807, 2.05) is 17.8 Å². The molecule has 1 aliphatic heterocycles. The van der Waals surface area contributed by atoms with Crippen molar-refractivity contribution in [3.63, 3.8) is 0 Å². The van der Waals surface area contributed by atoms with Gasteiger partial charge in [0.15, 0.2) is 5.82 Å². The van der Waals surface area contributed by atoms with Gasteiger partial charge in [-0.05, 0) is 25.2 Å². The third-order valence-electron chi connectivity index (χ3n) is 3.23. The Labute approximate surface area is 115 Å². The summed E-state index contributed by atoms with van der Waals surface area (Å²) in [6.07, 6.45) is 0. The minimum Gasteiger partial charge on any atom is -0.508 e. The van der Waals surface area contributed by atoms with Crippen LogP contribution in [0.1, 0.15) is 11.9 Å². The fourth-order valence-electron chi connectivity index (χ4n) is 2.08. The molecule has 3 rings (SSSR count). The SMILES string of the molecule is CN1CCSCC1c1noc(-c2cccc(O)c2)n1. The lowest BCUT2D eigenvalue weighted by Gasteiger charge is -2.29. The first kappa shape index (κ1) is 12.5. The van der Waals surface area contributed by atoms with Crippen LogP contribution in [0.25, 0.3) is 11.5 Å². The summed E-state index contributed by atoms with van der Waals surface area (Å²) in [5.74, 6) is 3.49. The zero-order valence-corrected chi connectivity index (χ0v) is 11.4. The Kier molecular flexibility index (Phi) is 3.44. The standard InChI is InChI=1S/C13H15N3O2S/c1-16-5-6-19-8-11(16)12-14-13(18-15-12)9-3-2-4-10(17)7-9/h2-4,7,11,17H,5-6,8H2,1H3. The molecule has 0 radical (unpaired) electrons. The summed E-state index contributed by atoms with van der Waals surface area (Å²) >= 11 is 1.91. The predicted octanol–water partition coefficient (Wildman–Crippen LogP) is 2.16. The van der Waals surface area contributed by atoms with Gasteiger partial charge in [0.2, 0.25) is 0 Å². The molecule has 0 aliphatic carbocycles. The van der Waals surface area contributed by atoms with Gasteiger partial charge in [0, 0.05) is 23.6 Å². The Morgan fingerprint density at radius 3 is 3.16 bits per heavy atom. The number of aromatic hydroxyl groups is 1. The Morgan fingerprint density at radius 1 is 1.47 bits per heavy atom. The van der Waals surface area contributed by atoms with E-state index in [1.165, 1.54) is 0 Å². The van der Waals surface area contributed by atoms with E-state index >= 15 is 0 Å². The fourth-order valence-corrected chi connectivity index (χ4v) is 3.30. The van der Waals surface area contributed by atoms with Crippen LogP contribution < -0.4 is 0 Å². The van der Waals surface area contributed by atoms with E-state index in [4.69, 9.17) is 4.52 Å². The third-order valence-corrected chi connectivity index (χ3v) is 4.25. The minimum atomic E-state index is 0.197. The average molecular weight is 277 g/mol. The molecule has 1 fully saturated rings. The smallest absolute Gasteiger partial charge is 0.258 e. The van der Waals surface area contributed by atoms with Gasteiger partial charge >= 0.3 is 0 Å². The summed E-state index contributed by atoms with van der Waals surface area (Å²) in [4.78, 5) is 6.70. The van der Waals surface area contributed by atoms with E-state index in [9.17, 15) is 5.11 Å². The van der Waals surface area contributed by atoms with Gasteiger partial charge in [0.05, 0.1) is 6.04 Å². The first-order valence-electron chi connectivity index (χ1n) is 6.15. The summed E-state index contributed by atoms with van der Waals surface area (Å²) in [7, 11) is 2.08. The van der Waals surface area contributed by atoms with Gasteiger partial charge in [-0.2, -0.15) is 16.7 Å². The highest BCUT2D eigenvalue weighted by Gasteiger charge is 2.26. The molecule has 0 amide bonds. The van der Waals surface area contributed by atoms with Crippen molar-refractivity contribution >= 4 is 11.8 Å². The van der Waals surface area contributed by atoms with Crippen molar-refractivity contribution in [2.45, 2.75) is 6.04 Å². The molecule has 6 heteroatoms. The predicted molar refractivity (Wildman–Crippen MR) is 74.1 cm³/mol. The molecule has 100 valence electrons. The van der Waals surface area contributed by atoms with E-state index in [0.717, 1.165) is 23.6 Å². The Balaban J connectivity index is 1.86. The van der Waals surface area contributed by atoms with Crippen molar-refractivity contribution in [1.82, 2.24) is 15.0 Å². The highest BCUT2D eigenvalue weighted by Crippen LogP contribution is 2.28. The number of aromatic nitrogens is 2. The zero-order valence-electron chi connectivity index (χ0n) is 10.6. The molecule has 1 aromatic heterocycles. The summed E-state index contributed by atoms with van der Waals surface area (Å²) in [5, 5.41) is 13.5. The van der Waals surface area contributed by atoms with Crippen LogP contribution in [-0.2, 0) is 0 Å². The molecule has 1 N–H and O–H groups in total. The van der Waals surface area contributed by atoms with Crippen LogP contribution in [0.3, 0.4) is 0 Å². The first-order valence-corrected chi connectivity index (χ1v) is 7.30. The summed E-state index contributed by atoms with van der Waals surface area (Å²) in [6, 6.07) is 7.05. The number of hydrogen-bond acceptors (Lipinski definition) is 6. The third kappa shape index (κ3) is 2.59. The summed E-state index contributed by atoms with van der Waals surface area (Å²) in [5.41, 5.74) is 0.741. The summed E-state index contributed by atoms with van der Waals surface area (Å²) < 4.78 is 5.30. The molecule has 0 spiro atoms. The van der Waals surface area contributed by atoms with Crippen molar-refractivity contribution in [3.05, 3.63) is 30.1 Å². The number of hydrogen-bond donors (Lipinski definition) is 1. The monoisotopic (exact) mass is 277 g/mol. The second-order valence-electron chi connectivity index (χ2n) is 4.58. The number of phenols is 1. The molecule has 19 heavy (non-hydrogen) atoms. The molecule has 0 saturated carbocycles. The van der Waals surface area contributed by atoms with Crippen LogP contribution in [0.4, 0.5) is 0 Å². The van der Waals surface area contributed by atoms with E-state index in [-0.39, 0.29) is 11.8 Å². The molecular weight excluding hydrogens is 262 g/mol. The van der Waals surface area contributed by atoms with Gasteiger partial charge in [-0.25, -0.2) is 0 Å². The quantitative estimate of drug-likeness (QED) is 0.907. The molecule has 5 nitrogen and oxygen atoms in total. The van der Waals surface area contributed by atoms with Gasteiger partial charge in [0.1, 0.15) is 5.75 Å². The van der Waals surface area contributed by atoms with E-state index in [2.05, 4.69) is 22.1 Å². The van der Waals surface area contributed by atoms with Gasteiger partial charge < -0.3 is 9.63 Å². The Hall–Kier alpha value is -1.53. The molecule has 2 heterocycles. The van der Waals surface area contributed by atoms with E-state index in [0.29, 0.717) is 11.7 Å². The Bertz CT molecular complexity index is 573. The first-order chi connectivity index (χ1) is 9.24. The number of nitrogens with zero attached hydrogens (tertiary/aromatic N) is 3. The van der Waals surface area contributed by atoms with Crippen LogP contribution in [0.2, 0.25) is 0 Å². The van der Waals surface area contributed by atoms with E-state index in [1.54, 1.807) is 18.2 Å². The number of rotatable bonds is 2. The lowest BCUT2D eigenvalue weighted by Crippen LogP contribution is -2.33. The van der Waals surface area contributed by atoms with Crippen molar-refractivity contribution in [3.8, 4) is 17.2 Å². The lowest BCUT2D eigenvalue weighted by atomic mass is 10.2. The highest BCUT2D eigenvalue weighted by atomic mass is 32.2. The van der Waals surface area contributed by atoms with E-state index < -0.39 is 0 Å². The van der Waals surface area contributed by atoms with Gasteiger partial charge in [-0.15, -0.1) is 0 Å². The van der Waals surface area contributed by atoms with Crippen molar-refractivity contribution in [2.24, 2.45) is 0 Å². The highest BCUT2D eigenvalue weighted by molar-refractivity contribution is 7.99. The van der Waals surface area contributed by atoms with Crippen molar-refractivity contribution < 1.29 is 9.63 Å². The number of thioether (sulfide) groups is 1. The molecule has 2 aromatic rings. The van der Waals surface area contributed by atoms with Crippen LogP contribution in [0.15, 0.2) is 28.8 Å². The molecule has 1 aliphatic rings. The second-order valence-corrected chi connectivity index (χ2v) is 5.73. The summed E-state index contributed by atoms with van der Waals surface area (Å²) in [6.45, 7) is 1.03. The molecule has 1 unspecified atom stereocenters. The maximum absolute atomic E-state index is 9.47. The van der Waals surface area contributed by atoms with Crippen LogP contribution in [-0.4, -0.2) is 45.2 Å².